The normalized spacial score (nSPS) is 40.5. The number of hydrogen-bond donors (Lipinski definition) is 1. The predicted molar refractivity (Wildman–Crippen MR) is 179 cm³/mol. The molecule has 1 heterocycles. The number of carbonyl (C=O) groups is 1. The van der Waals surface area contributed by atoms with Crippen LogP contribution in [-0.2, 0) is 23.2 Å². The van der Waals surface area contributed by atoms with Crippen LogP contribution in [0.4, 0.5) is 0 Å². The number of rotatable bonds is 6. The van der Waals surface area contributed by atoms with E-state index in [1.54, 1.807) is 14.2 Å². The number of methoxy groups -OCH3 is 2. The predicted octanol–water partition coefficient (Wildman–Crippen LogP) is 8.10. The highest BCUT2D eigenvalue weighted by Crippen LogP contribution is 2.77. The second-order valence-electron chi connectivity index (χ2n) is 17.3. The number of allylic oxidation sites excluding steroid dienone is 1. The molecule has 7 rings (SSSR count). The highest BCUT2D eigenvalue weighted by atomic mass is 16.5. The number of carboxylic acids is 1. The number of ether oxygens (including phenoxy) is 2. The van der Waals surface area contributed by atoms with Gasteiger partial charge < -0.3 is 14.6 Å². The molecule has 4 fully saturated rings. The Labute approximate surface area is 275 Å². The van der Waals surface area contributed by atoms with E-state index >= 15 is 0 Å². The molecule has 1 aromatic heterocycles. The highest BCUT2D eigenvalue weighted by Gasteiger charge is 2.72. The van der Waals surface area contributed by atoms with Gasteiger partial charge in [0.15, 0.2) is 0 Å². The van der Waals surface area contributed by atoms with Crippen molar-refractivity contribution in [1.82, 2.24) is 15.0 Å². The molecule has 7 nitrogen and oxygen atoms in total. The number of nitrogens with zero attached hydrogens (tertiary/aromatic N) is 3. The minimum Gasteiger partial charge on any atom is -0.497 e. The maximum atomic E-state index is 13.0. The van der Waals surface area contributed by atoms with Gasteiger partial charge in [0.1, 0.15) is 11.5 Å². The fourth-order valence-electron chi connectivity index (χ4n) is 13.3. The van der Waals surface area contributed by atoms with E-state index in [9.17, 15) is 9.90 Å². The molecule has 0 aliphatic heterocycles. The summed E-state index contributed by atoms with van der Waals surface area (Å²) in [6.45, 7) is 19.8. The standard InChI is InChI=1S/C39H55N3O4/c1-23(2)27-12-15-39(34(43)44)17-16-37(6)28(32(27)39)10-11-31-36(5)21-29-33(35(3,4)30(36)13-14-38(31,37)7)42(41-40-29)22-24-18-25(45-8)20-26(19-24)46-9/h18-20,27-28,30-32H,1,10-17,21-22H2,2-9H3,(H,43,44)/t27-,28+,30-,31+,32+,36-,37+,38+,39-/m0/s1. The summed E-state index contributed by atoms with van der Waals surface area (Å²) >= 11 is 0. The lowest BCUT2D eigenvalue weighted by molar-refractivity contribution is -0.228. The van der Waals surface area contributed by atoms with Gasteiger partial charge in [-0.3, -0.25) is 4.79 Å². The summed E-state index contributed by atoms with van der Waals surface area (Å²) in [6, 6.07) is 6.03. The van der Waals surface area contributed by atoms with Crippen molar-refractivity contribution in [3.63, 3.8) is 0 Å². The number of fused-ring (bicyclic) bond motifs is 8. The Morgan fingerprint density at radius 2 is 1.63 bits per heavy atom. The molecular formula is C39H55N3O4. The first kappa shape index (κ1) is 31.8. The van der Waals surface area contributed by atoms with E-state index in [1.807, 2.05) is 6.07 Å². The Hall–Kier alpha value is -2.83. The Morgan fingerprint density at radius 3 is 2.26 bits per heavy atom. The topological polar surface area (TPSA) is 86.5 Å². The number of aliphatic carboxylic acids is 1. The first-order chi connectivity index (χ1) is 21.7. The third kappa shape index (κ3) is 4.04. The zero-order chi connectivity index (χ0) is 33.0. The molecule has 250 valence electrons. The van der Waals surface area contributed by atoms with Crippen LogP contribution in [0.5, 0.6) is 11.5 Å². The number of hydrogen-bond acceptors (Lipinski definition) is 5. The summed E-state index contributed by atoms with van der Waals surface area (Å²) < 4.78 is 13.3. The average molecular weight is 630 g/mol. The van der Waals surface area contributed by atoms with E-state index in [-0.39, 0.29) is 27.6 Å². The summed E-state index contributed by atoms with van der Waals surface area (Å²) in [5.74, 6) is 3.03. The highest BCUT2D eigenvalue weighted by molar-refractivity contribution is 5.76. The average Bonchev–Trinajstić information content (AvgIpc) is 3.59. The molecule has 4 saturated carbocycles. The van der Waals surface area contributed by atoms with Gasteiger partial charge in [-0.15, -0.1) is 5.10 Å². The second kappa shape index (κ2) is 10.3. The Morgan fingerprint density at radius 1 is 0.935 bits per heavy atom. The van der Waals surface area contributed by atoms with Gasteiger partial charge in [0.2, 0.25) is 0 Å². The molecule has 5 aliphatic rings. The Bertz CT molecular complexity index is 1560. The quantitative estimate of drug-likeness (QED) is 0.325. The van der Waals surface area contributed by atoms with Gasteiger partial charge in [-0.2, -0.15) is 0 Å². The van der Waals surface area contributed by atoms with Gasteiger partial charge in [0, 0.05) is 11.5 Å². The number of aromatic nitrogens is 3. The van der Waals surface area contributed by atoms with E-state index in [4.69, 9.17) is 19.8 Å². The molecule has 1 N–H and O–H groups in total. The maximum Gasteiger partial charge on any atom is 0.309 e. The number of benzene rings is 1. The summed E-state index contributed by atoms with van der Waals surface area (Å²) in [6.07, 6.45) is 9.24. The first-order valence-corrected chi connectivity index (χ1v) is 17.7. The molecule has 7 heteroatoms. The second-order valence-corrected chi connectivity index (χ2v) is 17.3. The van der Waals surface area contributed by atoms with Crippen molar-refractivity contribution < 1.29 is 19.4 Å². The molecule has 9 atom stereocenters. The molecule has 1 aromatic carbocycles. The van der Waals surface area contributed by atoms with Crippen LogP contribution in [0.1, 0.15) is 110 Å². The van der Waals surface area contributed by atoms with Crippen molar-refractivity contribution in [2.24, 2.45) is 51.2 Å². The lowest BCUT2D eigenvalue weighted by Gasteiger charge is -2.72. The van der Waals surface area contributed by atoms with Crippen LogP contribution < -0.4 is 9.47 Å². The van der Waals surface area contributed by atoms with Gasteiger partial charge in [0.25, 0.3) is 0 Å². The minimum atomic E-state index is -0.578. The van der Waals surface area contributed by atoms with Crippen molar-refractivity contribution in [2.75, 3.05) is 14.2 Å². The third-order valence-corrected chi connectivity index (χ3v) is 15.3. The molecule has 0 spiro atoms. The van der Waals surface area contributed by atoms with Gasteiger partial charge in [-0.1, -0.05) is 52.0 Å². The zero-order valence-electron chi connectivity index (χ0n) is 29.4. The fourth-order valence-corrected chi connectivity index (χ4v) is 13.3. The Balaban J connectivity index is 1.24. The van der Waals surface area contributed by atoms with Crippen molar-refractivity contribution in [2.45, 2.75) is 111 Å². The van der Waals surface area contributed by atoms with Gasteiger partial charge >= 0.3 is 5.97 Å². The maximum absolute atomic E-state index is 13.0. The van der Waals surface area contributed by atoms with Crippen molar-refractivity contribution in [3.05, 3.63) is 47.3 Å². The van der Waals surface area contributed by atoms with Crippen LogP contribution in [0.3, 0.4) is 0 Å². The summed E-state index contributed by atoms with van der Waals surface area (Å²) in [5, 5.41) is 20.4. The molecule has 0 amide bonds. The van der Waals surface area contributed by atoms with E-state index in [1.165, 1.54) is 30.5 Å². The molecule has 0 radical (unpaired) electrons. The van der Waals surface area contributed by atoms with Crippen LogP contribution in [0.15, 0.2) is 30.4 Å². The molecular weight excluding hydrogens is 574 g/mol. The van der Waals surface area contributed by atoms with Crippen molar-refractivity contribution in [3.8, 4) is 11.5 Å². The minimum absolute atomic E-state index is 0.0879. The van der Waals surface area contributed by atoms with Crippen molar-refractivity contribution >= 4 is 5.97 Å². The zero-order valence-corrected chi connectivity index (χ0v) is 29.4. The van der Waals surface area contributed by atoms with Gasteiger partial charge in [0.05, 0.1) is 37.6 Å². The lowest BCUT2D eigenvalue weighted by atomic mass is 9.32. The molecule has 0 unspecified atom stereocenters. The van der Waals surface area contributed by atoms with Crippen LogP contribution in [0.25, 0.3) is 0 Å². The summed E-state index contributed by atoms with van der Waals surface area (Å²) in [4.78, 5) is 13.0. The van der Waals surface area contributed by atoms with E-state index < -0.39 is 11.4 Å². The van der Waals surface area contributed by atoms with Crippen LogP contribution in [0, 0.1) is 51.2 Å². The molecule has 0 saturated heterocycles. The van der Waals surface area contributed by atoms with Crippen LogP contribution >= 0.6 is 0 Å². The lowest BCUT2D eigenvalue weighted by Crippen LogP contribution is -2.67. The molecule has 0 bridgehead atoms. The van der Waals surface area contributed by atoms with Crippen LogP contribution in [0.2, 0.25) is 0 Å². The Kier molecular flexibility index (Phi) is 7.13. The third-order valence-electron chi connectivity index (χ3n) is 15.3. The van der Waals surface area contributed by atoms with Crippen LogP contribution in [-0.4, -0.2) is 40.3 Å². The SMILES string of the molecule is C=C(C)[C@@H]1CC[C@]2(C(=O)O)CC[C@]3(C)[C@H](CC[C@@H]4[C@@]5(C)Cc6nnn(Cc7cc(OC)cc(OC)c7)c6C(C)(C)[C@@H]5CC[C@]43C)[C@@H]12. The van der Waals surface area contributed by atoms with E-state index in [2.05, 4.69) is 64.9 Å². The summed E-state index contributed by atoms with van der Waals surface area (Å²) in [7, 11) is 3.37. The summed E-state index contributed by atoms with van der Waals surface area (Å²) in [5.41, 5.74) is 4.40. The van der Waals surface area contributed by atoms with E-state index in [0.29, 0.717) is 30.2 Å². The fraction of sp³-hybridized carbons (Fsp3) is 0.718. The number of carboxylic acid groups (broad SMARTS) is 1. The molecule has 5 aliphatic carbocycles. The largest absolute Gasteiger partial charge is 0.497 e. The smallest absolute Gasteiger partial charge is 0.309 e. The molecule has 2 aromatic rings. The monoisotopic (exact) mass is 629 g/mol. The van der Waals surface area contributed by atoms with E-state index in [0.717, 1.165) is 61.3 Å². The first-order valence-electron chi connectivity index (χ1n) is 17.7. The van der Waals surface area contributed by atoms with Gasteiger partial charge in [-0.05, 0) is 128 Å². The van der Waals surface area contributed by atoms with Crippen molar-refractivity contribution in [1.29, 1.82) is 0 Å². The molecule has 46 heavy (non-hydrogen) atoms. The van der Waals surface area contributed by atoms with Gasteiger partial charge in [-0.25, -0.2) is 4.68 Å².